The topological polar surface area (TPSA) is 101 Å². The largest absolute Gasteiger partial charge is 0.399 e. The van der Waals surface area contributed by atoms with Crippen LogP contribution in [-0.2, 0) is 6.54 Å². The highest BCUT2D eigenvalue weighted by atomic mass is 35.5. The Morgan fingerprint density at radius 2 is 1.71 bits per heavy atom. The fourth-order valence-corrected chi connectivity index (χ4v) is 5.03. The quantitative estimate of drug-likeness (QED) is 0.791. The molecule has 0 unspecified atom stereocenters. The molecule has 31 heavy (non-hydrogen) atoms. The van der Waals surface area contributed by atoms with Gasteiger partial charge in [0.05, 0.1) is 23.4 Å². The fraction of sp³-hybridized carbons (Fsp3) is 0.240. The van der Waals surface area contributed by atoms with Gasteiger partial charge < -0.3 is 5.73 Å². The van der Waals surface area contributed by atoms with Crippen molar-refractivity contribution in [2.75, 3.05) is 13.1 Å². The summed E-state index contributed by atoms with van der Waals surface area (Å²) in [6.07, 6.45) is 2.00. The Bertz CT molecular complexity index is 1180. The third kappa shape index (κ3) is 3.37. The summed E-state index contributed by atoms with van der Waals surface area (Å²) >= 11 is 6.54. The number of hydrogen-bond acceptors (Lipinski definition) is 5. The highest BCUT2D eigenvalue weighted by molar-refractivity contribution is 6.31. The van der Waals surface area contributed by atoms with Crippen LogP contribution in [0.1, 0.15) is 17.0 Å². The van der Waals surface area contributed by atoms with Crippen LogP contribution in [0.5, 0.6) is 0 Å². The summed E-state index contributed by atoms with van der Waals surface area (Å²) in [6, 6.07) is 23.8. The van der Waals surface area contributed by atoms with Crippen molar-refractivity contribution < 1.29 is 0 Å². The average Bonchev–Trinajstić information content (AvgIpc) is 2.80. The molecule has 2 aromatic carbocycles. The van der Waals surface area contributed by atoms with Crippen LogP contribution in [0.2, 0.25) is 5.02 Å². The third-order valence-electron chi connectivity index (χ3n) is 6.23. The molecule has 0 fully saturated rings. The lowest BCUT2D eigenvalue weighted by Crippen LogP contribution is -2.47. The van der Waals surface area contributed by atoms with E-state index in [9.17, 15) is 15.8 Å². The van der Waals surface area contributed by atoms with Crippen molar-refractivity contribution in [2.45, 2.75) is 12.5 Å². The molecule has 2 atom stereocenters. The summed E-state index contributed by atoms with van der Waals surface area (Å²) in [5, 5.41) is 30.7. The second-order valence-electron chi connectivity index (χ2n) is 7.88. The van der Waals surface area contributed by atoms with Crippen molar-refractivity contribution in [2.24, 2.45) is 17.1 Å². The van der Waals surface area contributed by atoms with Crippen LogP contribution < -0.4 is 5.73 Å². The third-order valence-corrected chi connectivity index (χ3v) is 6.57. The van der Waals surface area contributed by atoms with Gasteiger partial charge in [0.1, 0.15) is 6.07 Å². The fourth-order valence-electron chi connectivity index (χ4n) is 4.78. The summed E-state index contributed by atoms with van der Waals surface area (Å²) in [5.74, 6) is -0.850. The van der Waals surface area contributed by atoms with Crippen LogP contribution >= 0.6 is 11.6 Å². The van der Waals surface area contributed by atoms with E-state index < -0.39 is 11.3 Å². The van der Waals surface area contributed by atoms with Crippen LogP contribution in [0.4, 0.5) is 0 Å². The first-order chi connectivity index (χ1) is 15.1. The van der Waals surface area contributed by atoms with Crippen LogP contribution in [-0.4, -0.2) is 18.0 Å². The maximum Gasteiger partial charge on any atom is 0.191 e. The van der Waals surface area contributed by atoms with E-state index >= 15 is 0 Å². The van der Waals surface area contributed by atoms with Crippen molar-refractivity contribution in [1.29, 1.82) is 15.8 Å². The molecule has 152 valence electrons. The number of benzene rings is 2. The van der Waals surface area contributed by atoms with Gasteiger partial charge in [-0.05, 0) is 22.8 Å². The van der Waals surface area contributed by atoms with Crippen molar-refractivity contribution in [3.05, 3.63) is 93.7 Å². The molecule has 2 aliphatic rings. The first-order valence-electron chi connectivity index (χ1n) is 9.99. The summed E-state index contributed by atoms with van der Waals surface area (Å²) in [6.45, 7) is 1.96. The van der Waals surface area contributed by atoms with Gasteiger partial charge in [-0.15, -0.1) is 0 Å². The molecule has 0 saturated carbocycles. The molecule has 0 saturated heterocycles. The van der Waals surface area contributed by atoms with Gasteiger partial charge in [0.25, 0.3) is 0 Å². The van der Waals surface area contributed by atoms with Crippen LogP contribution in [0.15, 0.2) is 77.5 Å². The molecule has 0 spiro atoms. The molecule has 2 aromatic rings. The lowest BCUT2D eigenvalue weighted by Gasteiger charge is -2.45. The molecule has 0 aromatic heterocycles. The first-order valence-corrected chi connectivity index (χ1v) is 10.4. The summed E-state index contributed by atoms with van der Waals surface area (Å²) < 4.78 is 0. The highest BCUT2D eigenvalue weighted by Gasteiger charge is 2.54. The number of rotatable bonds is 3. The van der Waals surface area contributed by atoms with E-state index in [0.29, 0.717) is 23.7 Å². The highest BCUT2D eigenvalue weighted by Crippen LogP contribution is 2.55. The molecule has 1 aliphatic heterocycles. The summed E-state index contributed by atoms with van der Waals surface area (Å²) in [7, 11) is 0. The van der Waals surface area contributed by atoms with E-state index in [2.05, 4.69) is 35.2 Å². The maximum atomic E-state index is 10.2. The van der Waals surface area contributed by atoms with Crippen molar-refractivity contribution in [1.82, 2.24) is 4.90 Å². The normalized spacial score (nSPS) is 22.5. The molecule has 1 heterocycles. The molecule has 2 N–H and O–H groups in total. The minimum atomic E-state index is -1.67. The standard InChI is InChI=1S/C25H20ClN5/c26-22-9-5-4-8-19(22)23-21-14-31(13-17-6-2-1-3-7-17)11-10-18(21)20(12-27)24(30)25(23,15-28)16-29/h1-10,21,23H,11,13-14,30H2/t21-,23-/m0/s1. The smallest absolute Gasteiger partial charge is 0.191 e. The number of fused-ring (bicyclic) bond motifs is 1. The van der Waals surface area contributed by atoms with Gasteiger partial charge in [0, 0.05) is 36.5 Å². The van der Waals surface area contributed by atoms with Gasteiger partial charge in [0.15, 0.2) is 5.41 Å². The molecule has 4 rings (SSSR count). The number of halogens is 1. The molecule has 0 amide bonds. The number of hydrogen-bond donors (Lipinski definition) is 1. The molecule has 0 bridgehead atoms. The van der Waals surface area contributed by atoms with E-state index in [4.69, 9.17) is 17.3 Å². The summed E-state index contributed by atoms with van der Waals surface area (Å²) in [4.78, 5) is 2.25. The van der Waals surface area contributed by atoms with Gasteiger partial charge in [-0.3, -0.25) is 4.90 Å². The second-order valence-corrected chi connectivity index (χ2v) is 8.28. The van der Waals surface area contributed by atoms with Gasteiger partial charge in [-0.2, -0.15) is 15.8 Å². The van der Waals surface area contributed by atoms with Gasteiger partial charge in [-0.25, -0.2) is 0 Å². The second kappa shape index (κ2) is 8.29. The van der Waals surface area contributed by atoms with Crippen LogP contribution in [0.3, 0.4) is 0 Å². The van der Waals surface area contributed by atoms with Crippen molar-refractivity contribution in [3.63, 3.8) is 0 Å². The Morgan fingerprint density at radius 3 is 2.35 bits per heavy atom. The predicted octanol–water partition coefficient (Wildman–Crippen LogP) is 4.27. The number of allylic oxidation sites excluding steroid dienone is 2. The van der Waals surface area contributed by atoms with E-state index in [1.54, 1.807) is 6.07 Å². The molecule has 1 aliphatic carbocycles. The predicted molar refractivity (Wildman–Crippen MR) is 118 cm³/mol. The van der Waals surface area contributed by atoms with Crippen molar-refractivity contribution in [3.8, 4) is 18.2 Å². The van der Waals surface area contributed by atoms with Gasteiger partial charge in [0.2, 0.25) is 0 Å². The monoisotopic (exact) mass is 425 g/mol. The van der Waals surface area contributed by atoms with Crippen LogP contribution in [0, 0.1) is 45.3 Å². The summed E-state index contributed by atoms with van der Waals surface area (Å²) in [5.41, 5.74) is 7.61. The van der Waals surface area contributed by atoms with E-state index in [1.165, 1.54) is 5.56 Å². The zero-order valence-corrected chi connectivity index (χ0v) is 17.5. The zero-order valence-electron chi connectivity index (χ0n) is 16.8. The van der Waals surface area contributed by atoms with E-state index in [-0.39, 0.29) is 17.2 Å². The minimum absolute atomic E-state index is 0.0175. The molecule has 5 nitrogen and oxygen atoms in total. The molecular formula is C25H20ClN5. The van der Waals surface area contributed by atoms with Crippen molar-refractivity contribution >= 4 is 11.6 Å². The van der Waals surface area contributed by atoms with Gasteiger partial charge in [-0.1, -0.05) is 66.2 Å². The average molecular weight is 426 g/mol. The lowest BCUT2D eigenvalue weighted by molar-refractivity contribution is 0.201. The van der Waals surface area contributed by atoms with E-state index in [1.807, 2.05) is 42.5 Å². The number of nitriles is 3. The SMILES string of the molecule is N#CC1=C(N)C(C#N)(C#N)[C@@H](c2ccccc2Cl)[C@H]2CN(Cc3ccccc3)CC=C12. The van der Waals surface area contributed by atoms with E-state index in [0.717, 1.165) is 12.1 Å². The first kappa shape index (κ1) is 20.7. The Morgan fingerprint density at radius 1 is 1.03 bits per heavy atom. The maximum absolute atomic E-state index is 10.2. The van der Waals surface area contributed by atoms with Gasteiger partial charge >= 0.3 is 0 Å². The Labute approximate surface area is 186 Å². The molecular weight excluding hydrogens is 406 g/mol. The molecule has 0 radical (unpaired) electrons. The van der Waals surface area contributed by atoms with Crippen LogP contribution in [0.25, 0.3) is 0 Å². The number of nitrogens with zero attached hydrogens (tertiary/aromatic N) is 4. The minimum Gasteiger partial charge on any atom is -0.399 e. The number of nitrogens with two attached hydrogens (primary N) is 1. The Hall–Kier alpha value is -3.56. The lowest BCUT2D eigenvalue weighted by atomic mass is 9.58. The zero-order chi connectivity index (χ0) is 22.0. The Balaban J connectivity index is 1.87. The molecule has 6 heteroatoms. The Kier molecular flexibility index (Phi) is 5.53.